The second kappa shape index (κ2) is 4.29. The third-order valence-electron chi connectivity index (χ3n) is 2.65. The molecular weight excluding hydrogens is 240 g/mol. The second-order valence-electron chi connectivity index (χ2n) is 3.76. The molecule has 0 aliphatic rings. The summed E-state index contributed by atoms with van der Waals surface area (Å²) in [7, 11) is 0. The Hall–Kier alpha value is -1.69. The molecule has 5 nitrogen and oxygen atoms in total. The van der Waals surface area contributed by atoms with E-state index in [2.05, 4.69) is 4.98 Å². The third kappa shape index (κ3) is 1.95. The quantitative estimate of drug-likeness (QED) is 0.901. The zero-order chi connectivity index (χ0) is 12.6. The van der Waals surface area contributed by atoms with Crippen LogP contribution in [0.5, 0.6) is 0 Å². The molecule has 1 atom stereocenters. The molecule has 2 aromatic heterocycles. The predicted octanol–water partition coefficient (Wildman–Crippen LogP) is 1.67. The summed E-state index contributed by atoms with van der Waals surface area (Å²) in [6.45, 7) is 3.47. The number of aromatic nitrogens is 2. The fraction of sp³-hybridized carbons (Fsp3) is 0.364. The maximum Gasteiger partial charge on any atom is 0.326 e. The molecule has 2 rings (SSSR count). The summed E-state index contributed by atoms with van der Waals surface area (Å²) < 4.78 is 1.15. The lowest BCUT2D eigenvalue weighted by atomic mass is 10.3. The van der Waals surface area contributed by atoms with Crippen LogP contribution in [0.25, 0.3) is 10.2 Å². The number of carbonyl (C=O) groups is 1. The van der Waals surface area contributed by atoms with E-state index in [9.17, 15) is 9.59 Å². The third-order valence-corrected chi connectivity index (χ3v) is 3.84. The van der Waals surface area contributed by atoms with Crippen molar-refractivity contribution in [1.29, 1.82) is 0 Å². The van der Waals surface area contributed by atoms with Gasteiger partial charge >= 0.3 is 5.97 Å². The van der Waals surface area contributed by atoms with E-state index >= 15 is 0 Å². The van der Waals surface area contributed by atoms with Crippen LogP contribution in [-0.2, 0) is 11.2 Å². The Morgan fingerprint density at radius 2 is 2.35 bits per heavy atom. The Morgan fingerprint density at radius 3 is 2.94 bits per heavy atom. The van der Waals surface area contributed by atoms with Crippen molar-refractivity contribution < 1.29 is 9.90 Å². The normalized spacial score (nSPS) is 12.8. The molecule has 0 saturated heterocycles. The molecule has 0 aliphatic heterocycles. The maximum absolute atomic E-state index is 12.1. The molecule has 0 saturated carbocycles. The van der Waals surface area contributed by atoms with Crippen molar-refractivity contribution in [3.8, 4) is 0 Å². The smallest absolute Gasteiger partial charge is 0.326 e. The fourth-order valence-electron chi connectivity index (χ4n) is 1.56. The van der Waals surface area contributed by atoms with Crippen LogP contribution in [0.4, 0.5) is 0 Å². The minimum Gasteiger partial charge on any atom is -0.480 e. The molecular formula is C11H12N2O3S. The molecule has 0 unspecified atom stereocenters. The monoisotopic (exact) mass is 252 g/mol. The van der Waals surface area contributed by atoms with E-state index in [0.717, 1.165) is 15.9 Å². The summed E-state index contributed by atoms with van der Waals surface area (Å²) in [4.78, 5) is 28.8. The molecule has 90 valence electrons. The fourth-order valence-corrected chi connectivity index (χ4v) is 2.48. The van der Waals surface area contributed by atoms with Crippen molar-refractivity contribution in [2.24, 2.45) is 0 Å². The molecule has 2 aromatic rings. The predicted molar refractivity (Wildman–Crippen MR) is 65.6 cm³/mol. The first kappa shape index (κ1) is 11.8. The van der Waals surface area contributed by atoms with Crippen LogP contribution in [0.1, 0.15) is 24.8 Å². The lowest BCUT2D eigenvalue weighted by Gasteiger charge is -2.08. The van der Waals surface area contributed by atoms with Crippen molar-refractivity contribution in [3.63, 3.8) is 0 Å². The van der Waals surface area contributed by atoms with E-state index in [1.807, 2.05) is 6.92 Å². The number of nitrogens with zero attached hydrogens (tertiary/aromatic N) is 2. The van der Waals surface area contributed by atoms with Crippen molar-refractivity contribution in [1.82, 2.24) is 9.55 Å². The number of carboxylic acids is 1. The molecule has 0 aliphatic carbocycles. The number of rotatable bonds is 3. The molecule has 2 heterocycles. The standard InChI is InChI=1S/C11H12N2O3S/c1-3-7-4-8-9(17-7)12-5-13(10(8)14)6(2)11(15)16/h4-6H,3H2,1-2H3,(H,15,16)/t6-/m0/s1. The summed E-state index contributed by atoms with van der Waals surface area (Å²) in [6.07, 6.45) is 2.15. The van der Waals surface area contributed by atoms with Gasteiger partial charge in [0.05, 0.1) is 11.7 Å². The van der Waals surface area contributed by atoms with E-state index in [1.54, 1.807) is 6.07 Å². The number of hydrogen-bond donors (Lipinski definition) is 1. The number of carboxylic acid groups (broad SMARTS) is 1. The number of aryl methyl sites for hydroxylation is 1. The lowest BCUT2D eigenvalue weighted by molar-refractivity contribution is -0.140. The van der Waals surface area contributed by atoms with Gasteiger partial charge in [0.25, 0.3) is 5.56 Å². The van der Waals surface area contributed by atoms with Gasteiger partial charge in [-0.15, -0.1) is 11.3 Å². The van der Waals surface area contributed by atoms with Gasteiger partial charge in [-0.3, -0.25) is 9.36 Å². The molecule has 6 heteroatoms. The van der Waals surface area contributed by atoms with E-state index in [0.29, 0.717) is 10.2 Å². The molecule has 0 aromatic carbocycles. The molecule has 0 spiro atoms. The first-order valence-corrected chi connectivity index (χ1v) is 6.08. The zero-order valence-corrected chi connectivity index (χ0v) is 10.3. The zero-order valence-electron chi connectivity index (χ0n) is 9.51. The Balaban J connectivity index is 2.65. The van der Waals surface area contributed by atoms with Gasteiger partial charge in [0.1, 0.15) is 10.9 Å². The SMILES string of the molecule is CCc1cc2c(=O)n([C@@H](C)C(=O)O)cnc2s1. The van der Waals surface area contributed by atoms with Crippen molar-refractivity contribution >= 4 is 27.5 Å². The number of fused-ring (bicyclic) bond motifs is 1. The highest BCUT2D eigenvalue weighted by Crippen LogP contribution is 2.21. The minimum absolute atomic E-state index is 0.291. The van der Waals surface area contributed by atoms with Gasteiger partial charge in [-0.1, -0.05) is 6.92 Å². The van der Waals surface area contributed by atoms with Gasteiger partial charge < -0.3 is 5.11 Å². The van der Waals surface area contributed by atoms with Crippen LogP contribution < -0.4 is 5.56 Å². The highest BCUT2D eigenvalue weighted by molar-refractivity contribution is 7.18. The van der Waals surface area contributed by atoms with Gasteiger partial charge in [-0.05, 0) is 19.4 Å². The van der Waals surface area contributed by atoms with Gasteiger partial charge in [0.15, 0.2) is 0 Å². The van der Waals surface area contributed by atoms with E-state index < -0.39 is 12.0 Å². The summed E-state index contributed by atoms with van der Waals surface area (Å²) >= 11 is 1.47. The second-order valence-corrected chi connectivity index (χ2v) is 4.87. The van der Waals surface area contributed by atoms with Crippen LogP contribution in [0.15, 0.2) is 17.2 Å². The summed E-state index contributed by atoms with van der Waals surface area (Å²) in [6, 6.07) is 0.893. The van der Waals surface area contributed by atoms with Crippen LogP contribution in [0, 0.1) is 0 Å². The Morgan fingerprint density at radius 1 is 1.65 bits per heavy atom. The molecule has 0 bridgehead atoms. The van der Waals surface area contributed by atoms with Crippen molar-refractivity contribution in [3.05, 3.63) is 27.6 Å². The topological polar surface area (TPSA) is 72.2 Å². The maximum atomic E-state index is 12.1. The van der Waals surface area contributed by atoms with E-state index in [4.69, 9.17) is 5.11 Å². The first-order valence-electron chi connectivity index (χ1n) is 5.27. The minimum atomic E-state index is -1.04. The number of aliphatic carboxylic acids is 1. The van der Waals surface area contributed by atoms with Crippen LogP contribution >= 0.6 is 11.3 Å². The highest BCUT2D eigenvalue weighted by atomic mass is 32.1. The van der Waals surface area contributed by atoms with Crippen molar-refractivity contribution in [2.75, 3.05) is 0 Å². The Bertz CT molecular complexity index is 629. The summed E-state index contributed by atoms with van der Waals surface area (Å²) in [5.41, 5.74) is -0.291. The van der Waals surface area contributed by atoms with Gasteiger partial charge in [-0.25, -0.2) is 9.78 Å². The lowest BCUT2D eigenvalue weighted by Crippen LogP contribution is -2.27. The molecule has 0 fully saturated rings. The Labute approximate surface area is 101 Å². The van der Waals surface area contributed by atoms with Gasteiger partial charge in [-0.2, -0.15) is 0 Å². The largest absolute Gasteiger partial charge is 0.480 e. The number of hydrogen-bond acceptors (Lipinski definition) is 4. The average Bonchev–Trinajstić information content (AvgIpc) is 2.72. The summed E-state index contributed by atoms with van der Waals surface area (Å²) in [5, 5.41) is 9.40. The van der Waals surface area contributed by atoms with Crippen LogP contribution in [0.3, 0.4) is 0 Å². The van der Waals surface area contributed by atoms with E-state index in [1.165, 1.54) is 24.6 Å². The Kier molecular flexibility index (Phi) is 2.97. The van der Waals surface area contributed by atoms with Crippen molar-refractivity contribution in [2.45, 2.75) is 26.3 Å². The highest BCUT2D eigenvalue weighted by Gasteiger charge is 2.17. The molecule has 0 amide bonds. The van der Waals surface area contributed by atoms with Crippen LogP contribution in [0.2, 0.25) is 0 Å². The van der Waals surface area contributed by atoms with Crippen LogP contribution in [-0.4, -0.2) is 20.6 Å². The number of thiophene rings is 1. The molecule has 0 radical (unpaired) electrons. The molecule has 1 N–H and O–H groups in total. The van der Waals surface area contributed by atoms with Gasteiger partial charge in [0.2, 0.25) is 0 Å². The summed E-state index contributed by atoms with van der Waals surface area (Å²) in [5.74, 6) is -1.04. The van der Waals surface area contributed by atoms with E-state index in [-0.39, 0.29) is 5.56 Å². The van der Waals surface area contributed by atoms with Gasteiger partial charge in [0, 0.05) is 4.88 Å². The molecule has 17 heavy (non-hydrogen) atoms. The average molecular weight is 252 g/mol. The first-order chi connectivity index (χ1) is 8.04.